The van der Waals surface area contributed by atoms with Gasteiger partial charge in [0.05, 0.1) is 25.5 Å². The summed E-state index contributed by atoms with van der Waals surface area (Å²) in [5, 5.41) is 3.97. The van der Waals surface area contributed by atoms with Gasteiger partial charge in [0, 0.05) is 6.92 Å². The Bertz CT molecular complexity index is 710. The third kappa shape index (κ3) is 6.00. The molecule has 1 heterocycles. The average molecular weight is 361 g/mol. The topological polar surface area (TPSA) is 87.9 Å². The predicted molar refractivity (Wildman–Crippen MR) is 92.3 cm³/mol. The van der Waals surface area contributed by atoms with Gasteiger partial charge in [-0.25, -0.2) is 4.79 Å². The van der Waals surface area contributed by atoms with Gasteiger partial charge in [0.1, 0.15) is 12.2 Å². The SMILES string of the molecule is CCOC(=O)c1c(CCCOC(C)=O)noc1COCc1ccccc1. The molecule has 7 heteroatoms. The number of aryl methyl sites for hydroxylation is 1. The maximum atomic E-state index is 12.3. The number of hydrogen-bond acceptors (Lipinski definition) is 7. The molecule has 2 rings (SSSR count). The first-order valence-electron chi connectivity index (χ1n) is 8.51. The number of benzene rings is 1. The van der Waals surface area contributed by atoms with E-state index in [2.05, 4.69) is 5.16 Å². The van der Waals surface area contributed by atoms with Gasteiger partial charge in [-0.2, -0.15) is 0 Å². The Morgan fingerprint density at radius 3 is 2.58 bits per heavy atom. The van der Waals surface area contributed by atoms with Gasteiger partial charge in [0.2, 0.25) is 0 Å². The molecule has 0 aliphatic rings. The summed E-state index contributed by atoms with van der Waals surface area (Å²) >= 11 is 0. The van der Waals surface area contributed by atoms with Crippen molar-refractivity contribution in [3.63, 3.8) is 0 Å². The van der Waals surface area contributed by atoms with Crippen LogP contribution >= 0.6 is 0 Å². The lowest BCUT2D eigenvalue weighted by Gasteiger charge is -2.06. The molecule has 1 aromatic carbocycles. The second-order valence-corrected chi connectivity index (χ2v) is 5.57. The molecule has 0 unspecified atom stereocenters. The van der Waals surface area contributed by atoms with Crippen LogP contribution in [-0.4, -0.2) is 30.3 Å². The fourth-order valence-electron chi connectivity index (χ4n) is 2.36. The van der Waals surface area contributed by atoms with Gasteiger partial charge in [-0.15, -0.1) is 0 Å². The van der Waals surface area contributed by atoms with Crippen LogP contribution in [0.1, 0.15) is 47.6 Å². The summed E-state index contributed by atoms with van der Waals surface area (Å²) in [4.78, 5) is 23.1. The van der Waals surface area contributed by atoms with E-state index in [9.17, 15) is 9.59 Å². The molecule has 0 saturated carbocycles. The fraction of sp³-hybridized carbons (Fsp3) is 0.421. The smallest absolute Gasteiger partial charge is 0.343 e. The third-order valence-electron chi connectivity index (χ3n) is 3.52. The van der Waals surface area contributed by atoms with Gasteiger partial charge in [-0.3, -0.25) is 4.79 Å². The molecule has 1 aromatic heterocycles. The number of rotatable bonds is 10. The molecule has 26 heavy (non-hydrogen) atoms. The van der Waals surface area contributed by atoms with Gasteiger partial charge in [0.15, 0.2) is 5.76 Å². The summed E-state index contributed by atoms with van der Waals surface area (Å²) in [5.74, 6) is -0.498. The molecular formula is C19H23NO6. The fourth-order valence-corrected chi connectivity index (χ4v) is 2.36. The predicted octanol–water partition coefficient (Wildman–Crippen LogP) is 3.06. The van der Waals surface area contributed by atoms with Gasteiger partial charge in [0.25, 0.3) is 0 Å². The van der Waals surface area contributed by atoms with E-state index in [1.807, 2.05) is 30.3 Å². The molecule has 0 bridgehead atoms. The monoisotopic (exact) mass is 361 g/mol. The first kappa shape index (κ1) is 19.7. The summed E-state index contributed by atoms with van der Waals surface area (Å²) in [6.07, 6.45) is 0.965. The van der Waals surface area contributed by atoms with E-state index in [1.54, 1.807) is 6.92 Å². The first-order valence-corrected chi connectivity index (χ1v) is 8.51. The minimum Gasteiger partial charge on any atom is -0.466 e. The Labute approximate surface area is 152 Å². The van der Waals surface area contributed by atoms with Crippen LogP contribution in [0.25, 0.3) is 0 Å². The summed E-state index contributed by atoms with van der Waals surface area (Å²) in [5.41, 5.74) is 1.79. The van der Waals surface area contributed by atoms with Gasteiger partial charge in [-0.05, 0) is 25.3 Å². The van der Waals surface area contributed by atoms with Crippen molar-refractivity contribution in [3.05, 3.63) is 52.9 Å². The van der Waals surface area contributed by atoms with Crippen LogP contribution in [0.3, 0.4) is 0 Å². The van der Waals surface area contributed by atoms with Crippen molar-refractivity contribution < 1.29 is 28.3 Å². The van der Waals surface area contributed by atoms with Gasteiger partial charge >= 0.3 is 11.9 Å². The van der Waals surface area contributed by atoms with Crippen molar-refractivity contribution in [2.75, 3.05) is 13.2 Å². The molecule has 0 radical (unpaired) electrons. The first-order chi connectivity index (χ1) is 12.6. The normalized spacial score (nSPS) is 10.5. The van der Waals surface area contributed by atoms with Crippen LogP contribution in [0.5, 0.6) is 0 Å². The summed E-state index contributed by atoms with van der Waals surface area (Å²) in [6.45, 7) is 4.09. The molecule has 0 amide bonds. The van der Waals surface area contributed by atoms with Crippen LogP contribution in [0.15, 0.2) is 34.9 Å². The maximum absolute atomic E-state index is 12.3. The Morgan fingerprint density at radius 1 is 1.12 bits per heavy atom. The zero-order valence-corrected chi connectivity index (χ0v) is 15.0. The molecule has 0 aliphatic carbocycles. The molecule has 0 fully saturated rings. The van der Waals surface area contributed by atoms with Crippen LogP contribution in [-0.2, 0) is 38.6 Å². The highest BCUT2D eigenvalue weighted by molar-refractivity contribution is 5.91. The lowest BCUT2D eigenvalue weighted by Crippen LogP contribution is -2.11. The van der Waals surface area contributed by atoms with Gasteiger partial charge in [-0.1, -0.05) is 35.5 Å². The Kier molecular flexibility index (Phi) is 7.82. The van der Waals surface area contributed by atoms with E-state index in [0.717, 1.165) is 5.56 Å². The van der Waals surface area contributed by atoms with E-state index < -0.39 is 5.97 Å². The standard InChI is InChI=1S/C19H23NO6/c1-3-24-19(22)18-16(10-7-11-25-14(2)21)20-26-17(18)13-23-12-15-8-5-4-6-9-15/h4-6,8-9H,3,7,10-13H2,1-2H3. The van der Waals surface area contributed by atoms with Crippen molar-refractivity contribution in [1.29, 1.82) is 0 Å². The number of ether oxygens (including phenoxy) is 3. The second kappa shape index (κ2) is 10.4. The highest BCUT2D eigenvalue weighted by Gasteiger charge is 2.24. The van der Waals surface area contributed by atoms with Crippen LogP contribution < -0.4 is 0 Å². The summed E-state index contributed by atoms with van der Waals surface area (Å²) < 4.78 is 20.9. The van der Waals surface area contributed by atoms with E-state index >= 15 is 0 Å². The molecule has 2 aromatic rings. The number of hydrogen-bond donors (Lipinski definition) is 0. The minimum absolute atomic E-state index is 0.111. The number of carbonyl (C=O) groups excluding carboxylic acids is 2. The Morgan fingerprint density at radius 2 is 1.88 bits per heavy atom. The number of carbonyl (C=O) groups is 2. The lowest BCUT2D eigenvalue weighted by atomic mass is 10.1. The van der Waals surface area contributed by atoms with Crippen LogP contribution in [0.2, 0.25) is 0 Å². The molecule has 0 aliphatic heterocycles. The van der Waals surface area contributed by atoms with Crippen molar-refractivity contribution in [3.8, 4) is 0 Å². The molecule has 0 atom stereocenters. The van der Waals surface area contributed by atoms with Gasteiger partial charge < -0.3 is 18.7 Å². The van der Waals surface area contributed by atoms with Crippen LogP contribution in [0, 0.1) is 0 Å². The molecular weight excluding hydrogens is 338 g/mol. The molecule has 0 spiro atoms. The van der Waals surface area contributed by atoms with Crippen LogP contribution in [0.4, 0.5) is 0 Å². The zero-order chi connectivity index (χ0) is 18.8. The Balaban J connectivity index is 1.99. The van der Waals surface area contributed by atoms with E-state index in [-0.39, 0.29) is 25.8 Å². The van der Waals surface area contributed by atoms with Crippen molar-refractivity contribution in [2.24, 2.45) is 0 Å². The highest BCUT2D eigenvalue weighted by atomic mass is 16.5. The number of esters is 2. The van der Waals surface area contributed by atoms with E-state index in [0.29, 0.717) is 36.5 Å². The molecule has 0 N–H and O–H groups in total. The van der Waals surface area contributed by atoms with Crippen molar-refractivity contribution in [2.45, 2.75) is 39.9 Å². The molecule has 7 nitrogen and oxygen atoms in total. The minimum atomic E-state index is -0.491. The van der Waals surface area contributed by atoms with Crippen molar-refractivity contribution >= 4 is 11.9 Å². The number of aromatic nitrogens is 1. The quantitative estimate of drug-likeness (QED) is 0.475. The Hall–Kier alpha value is -2.67. The lowest BCUT2D eigenvalue weighted by molar-refractivity contribution is -0.141. The average Bonchev–Trinajstić information content (AvgIpc) is 3.02. The summed E-state index contributed by atoms with van der Waals surface area (Å²) in [7, 11) is 0. The number of nitrogens with zero attached hydrogens (tertiary/aromatic N) is 1. The highest BCUT2D eigenvalue weighted by Crippen LogP contribution is 2.19. The summed E-state index contributed by atoms with van der Waals surface area (Å²) in [6, 6.07) is 9.69. The molecule has 0 saturated heterocycles. The van der Waals surface area contributed by atoms with E-state index in [4.69, 9.17) is 18.7 Å². The zero-order valence-electron chi connectivity index (χ0n) is 15.0. The maximum Gasteiger partial charge on any atom is 0.343 e. The third-order valence-corrected chi connectivity index (χ3v) is 3.52. The molecule has 140 valence electrons. The van der Waals surface area contributed by atoms with E-state index in [1.165, 1.54) is 6.92 Å². The van der Waals surface area contributed by atoms with Crippen molar-refractivity contribution in [1.82, 2.24) is 5.16 Å². The largest absolute Gasteiger partial charge is 0.466 e. The second-order valence-electron chi connectivity index (χ2n) is 5.57.